The molecular weight excluding hydrogens is 331 g/mol. The zero-order chi connectivity index (χ0) is 16.8. The maximum Gasteiger partial charge on any atom is 0.416 e. The number of sulfone groups is 1. The van der Waals surface area contributed by atoms with Gasteiger partial charge in [-0.25, -0.2) is 8.42 Å². The van der Waals surface area contributed by atoms with Gasteiger partial charge in [0.05, 0.1) is 10.5 Å². The Bertz CT molecular complexity index is 839. The van der Waals surface area contributed by atoms with Crippen LogP contribution >= 0.6 is 0 Å². The molecule has 1 aromatic heterocycles. The molecule has 9 heteroatoms. The van der Waals surface area contributed by atoms with Crippen LogP contribution in [-0.4, -0.2) is 23.2 Å². The molecule has 3 rings (SSSR count). The minimum absolute atomic E-state index is 0.226. The van der Waals surface area contributed by atoms with Crippen LogP contribution in [0.1, 0.15) is 36.0 Å². The van der Waals surface area contributed by atoms with Gasteiger partial charge in [0.1, 0.15) is 17.4 Å². The molecule has 2 aromatic rings. The van der Waals surface area contributed by atoms with E-state index in [9.17, 15) is 21.6 Å². The molecule has 0 aliphatic heterocycles. The van der Waals surface area contributed by atoms with Gasteiger partial charge in [-0.3, -0.25) is 0 Å². The average Bonchev–Trinajstić information content (AvgIpc) is 3.25. The van der Waals surface area contributed by atoms with Gasteiger partial charge in [-0.05, 0) is 31.0 Å². The lowest BCUT2D eigenvalue weighted by molar-refractivity contribution is -0.137. The van der Waals surface area contributed by atoms with Crippen LogP contribution < -0.4 is 0 Å². The van der Waals surface area contributed by atoms with E-state index in [1.54, 1.807) is 11.6 Å². The summed E-state index contributed by atoms with van der Waals surface area (Å²) in [5, 5.41) is 7.85. The van der Waals surface area contributed by atoms with Gasteiger partial charge in [-0.2, -0.15) is 13.2 Å². The molecule has 0 N–H and O–H groups in total. The van der Waals surface area contributed by atoms with Crippen molar-refractivity contribution in [1.29, 1.82) is 0 Å². The van der Waals surface area contributed by atoms with Crippen molar-refractivity contribution in [2.24, 2.45) is 7.05 Å². The summed E-state index contributed by atoms with van der Waals surface area (Å²) in [6, 6.07) is 3.73. The fraction of sp³-hybridized carbons (Fsp3) is 0.429. The zero-order valence-corrected chi connectivity index (χ0v) is 13.0. The van der Waals surface area contributed by atoms with Crippen LogP contribution in [0.4, 0.5) is 13.2 Å². The molecule has 0 saturated heterocycles. The summed E-state index contributed by atoms with van der Waals surface area (Å²) in [4.78, 5) is -0.372. The number of hydrogen-bond donors (Lipinski definition) is 0. The maximum absolute atomic E-state index is 12.7. The maximum atomic E-state index is 12.7. The quantitative estimate of drug-likeness (QED) is 0.855. The lowest BCUT2D eigenvalue weighted by atomic mass is 10.2. The second-order valence-corrected chi connectivity index (χ2v) is 7.58. The van der Waals surface area contributed by atoms with Gasteiger partial charge in [0.2, 0.25) is 0 Å². The number of nitrogens with zero attached hydrogens (tertiary/aromatic N) is 3. The predicted molar refractivity (Wildman–Crippen MR) is 75.3 cm³/mol. The van der Waals surface area contributed by atoms with Crippen molar-refractivity contribution < 1.29 is 21.6 Å². The van der Waals surface area contributed by atoms with E-state index in [4.69, 9.17) is 0 Å². The smallest absolute Gasteiger partial charge is 0.317 e. The molecule has 1 fully saturated rings. The van der Waals surface area contributed by atoms with E-state index < -0.39 is 27.3 Å². The van der Waals surface area contributed by atoms with Crippen LogP contribution in [0.2, 0.25) is 0 Å². The van der Waals surface area contributed by atoms with Crippen molar-refractivity contribution in [1.82, 2.24) is 14.8 Å². The lowest BCUT2D eigenvalue weighted by Gasteiger charge is -2.09. The highest BCUT2D eigenvalue weighted by atomic mass is 32.2. The first kappa shape index (κ1) is 16.0. The van der Waals surface area contributed by atoms with Gasteiger partial charge in [-0.15, -0.1) is 10.2 Å². The van der Waals surface area contributed by atoms with Crippen molar-refractivity contribution in [3.05, 3.63) is 41.5 Å². The van der Waals surface area contributed by atoms with Crippen molar-refractivity contribution in [2.75, 3.05) is 0 Å². The summed E-state index contributed by atoms with van der Waals surface area (Å²) in [5.41, 5.74) is -0.991. The molecule has 0 spiro atoms. The predicted octanol–water partition coefficient (Wildman–Crippen LogP) is 2.69. The summed E-state index contributed by atoms with van der Waals surface area (Å²) in [6.07, 6.45) is -2.60. The largest absolute Gasteiger partial charge is 0.416 e. The number of aromatic nitrogens is 3. The Morgan fingerprint density at radius 2 is 1.96 bits per heavy atom. The Balaban J connectivity index is 1.90. The molecule has 1 aliphatic carbocycles. The molecule has 1 aromatic carbocycles. The first-order valence-corrected chi connectivity index (χ1v) is 8.62. The molecular formula is C14H14F3N3O2S. The highest BCUT2D eigenvalue weighted by Crippen LogP contribution is 2.39. The summed E-state index contributed by atoms with van der Waals surface area (Å²) in [6.45, 7) is 0. The summed E-state index contributed by atoms with van der Waals surface area (Å²) >= 11 is 0. The zero-order valence-electron chi connectivity index (χ0n) is 12.2. The van der Waals surface area contributed by atoms with Crippen LogP contribution in [0.5, 0.6) is 0 Å². The van der Waals surface area contributed by atoms with Gasteiger partial charge in [0, 0.05) is 13.0 Å². The SMILES string of the molecule is Cn1c(CS(=O)(=O)c2cccc(C(F)(F)F)c2)nnc1C1CC1. The minimum atomic E-state index is -4.59. The Labute approximate surface area is 131 Å². The van der Waals surface area contributed by atoms with Gasteiger partial charge in [0.25, 0.3) is 0 Å². The molecule has 1 saturated carbocycles. The molecule has 23 heavy (non-hydrogen) atoms. The number of hydrogen-bond acceptors (Lipinski definition) is 4. The van der Waals surface area contributed by atoms with E-state index in [2.05, 4.69) is 10.2 Å². The topological polar surface area (TPSA) is 64.8 Å². The monoisotopic (exact) mass is 345 g/mol. The Hall–Kier alpha value is -1.90. The van der Waals surface area contributed by atoms with Crippen molar-refractivity contribution in [3.63, 3.8) is 0 Å². The average molecular weight is 345 g/mol. The summed E-state index contributed by atoms with van der Waals surface area (Å²) in [7, 11) is -2.26. The first-order valence-electron chi connectivity index (χ1n) is 6.96. The van der Waals surface area contributed by atoms with Gasteiger partial charge in [0.15, 0.2) is 9.84 Å². The fourth-order valence-corrected chi connectivity index (χ4v) is 3.67. The van der Waals surface area contributed by atoms with Crippen LogP contribution in [0, 0.1) is 0 Å². The molecule has 0 radical (unpaired) electrons. The second kappa shape index (κ2) is 5.33. The molecule has 124 valence electrons. The standard InChI is InChI=1S/C14H14F3N3O2S/c1-20-12(18-19-13(20)9-5-6-9)8-23(21,22)11-4-2-3-10(7-11)14(15,16)17/h2-4,7,9H,5-6,8H2,1H3. The summed E-state index contributed by atoms with van der Waals surface area (Å²) in [5.74, 6) is 0.769. The van der Waals surface area contributed by atoms with Crippen LogP contribution in [0.25, 0.3) is 0 Å². The van der Waals surface area contributed by atoms with Crippen LogP contribution in [-0.2, 0) is 28.8 Å². The third-order valence-electron chi connectivity index (χ3n) is 3.78. The Morgan fingerprint density at radius 1 is 1.26 bits per heavy atom. The third-order valence-corrected chi connectivity index (χ3v) is 5.39. The highest BCUT2D eigenvalue weighted by Gasteiger charge is 2.33. The van der Waals surface area contributed by atoms with E-state index in [1.165, 1.54) is 0 Å². The molecule has 1 aliphatic rings. The van der Waals surface area contributed by atoms with Crippen molar-refractivity contribution >= 4 is 9.84 Å². The van der Waals surface area contributed by atoms with Gasteiger partial charge < -0.3 is 4.57 Å². The fourth-order valence-electron chi connectivity index (χ4n) is 2.32. The number of halogens is 3. The highest BCUT2D eigenvalue weighted by molar-refractivity contribution is 7.90. The Kier molecular flexibility index (Phi) is 3.70. The second-order valence-electron chi connectivity index (χ2n) is 5.59. The van der Waals surface area contributed by atoms with E-state index in [1.807, 2.05) is 0 Å². The van der Waals surface area contributed by atoms with E-state index in [0.29, 0.717) is 12.0 Å². The van der Waals surface area contributed by atoms with Gasteiger partial charge in [-0.1, -0.05) is 6.07 Å². The van der Waals surface area contributed by atoms with Crippen molar-refractivity contribution in [2.45, 2.75) is 35.6 Å². The van der Waals surface area contributed by atoms with Gasteiger partial charge >= 0.3 is 6.18 Å². The molecule has 0 amide bonds. The number of alkyl halides is 3. The van der Waals surface area contributed by atoms with E-state index in [-0.39, 0.29) is 10.7 Å². The lowest BCUT2D eigenvalue weighted by Crippen LogP contribution is -2.12. The molecule has 0 atom stereocenters. The number of benzene rings is 1. The van der Waals surface area contributed by atoms with Crippen LogP contribution in [0.3, 0.4) is 0 Å². The van der Waals surface area contributed by atoms with Crippen molar-refractivity contribution in [3.8, 4) is 0 Å². The Morgan fingerprint density at radius 3 is 2.57 bits per heavy atom. The number of rotatable bonds is 4. The molecule has 1 heterocycles. The normalized spacial score (nSPS) is 15.8. The first-order chi connectivity index (χ1) is 10.7. The molecule has 0 bridgehead atoms. The summed E-state index contributed by atoms with van der Waals surface area (Å²) < 4.78 is 64.5. The van der Waals surface area contributed by atoms with Crippen LogP contribution in [0.15, 0.2) is 29.2 Å². The van der Waals surface area contributed by atoms with E-state index >= 15 is 0 Å². The van der Waals surface area contributed by atoms with E-state index in [0.717, 1.165) is 36.9 Å². The minimum Gasteiger partial charge on any atom is -0.317 e. The molecule has 0 unspecified atom stereocenters. The molecule has 5 nitrogen and oxygen atoms in total. The third kappa shape index (κ3) is 3.24.